The molecule has 0 bridgehead atoms. The molecule has 2 rings (SSSR count). The van der Waals surface area contributed by atoms with Gasteiger partial charge in [0, 0.05) is 24.3 Å². The molecule has 154 valence electrons. The number of hydrogen-bond donors (Lipinski definition) is 2. The van der Waals surface area contributed by atoms with Crippen molar-refractivity contribution in [1.29, 1.82) is 0 Å². The van der Waals surface area contributed by atoms with Crippen LogP contribution in [0.4, 0.5) is 0 Å². The van der Waals surface area contributed by atoms with Crippen LogP contribution >= 0.6 is 0 Å². The van der Waals surface area contributed by atoms with Crippen molar-refractivity contribution in [3.63, 3.8) is 0 Å². The first kappa shape index (κ1) is 22.1. The van der Waals surface area contributed by atoms with Crippen molar-refractivity contribution < 1.29 is 19.7 Å². The summed E-state index contributed by atoms with van der Waals surface area (Å²) in [5, 5.41) is 21.4. The average Bonchev–Trinajstić information content (AvgIpc) is 2.64. The molecule has 0 fully saturated rings. The molecule has 0 aliphatic carbocycles. The van der Waals surface area contributed by atoms with Crippen molar-refractivity contribution in [2.75, 3.05) is 14.2 Å². The lowest BCUT2D eigenvalue weighted by Crippen LogP contribution is -2.20. The van der Waals surface area contributed by atoms with Gasteiger partial charge in [0.2, 0.25) is 0 Å². The van der Waals surface area contributed by atoms with E-state index in [-0.39, 0.29) is 10.8 Å². The minimum absolute atomic E-state index is 0.383. The molecular weight excluding hydrogens is 356 g/mol. The first-order valence-corrected chi connectivity index (χ1v) is 9.35. The molecule has 6 heteroatoms. The second-order valence-corrected chi connectivity index (χ2v) is 9.17. The van der Waals surface area contributed by atoms with E-state index in [2.05, 4.69) is 9.97 Å². The Morgan fingerprint density at radius 2 is 1.00 bits per heavy atom. The SMILES string of the molecule is COc1cc(-c2cc(OC)cc([C@@H](O)C(C)(C)C)n2)nc([C@@H](O)C(C)(C)C)c1. The molecule has 2 aromatic heterocycles. The highest BCUT2D eigenvalue weighted by atomic mass is 16.5. The highest BCUT2D eigenvalue weighted by molar-refractivity contribution is 5.59. The van der Waals surface area contributed by atoms with Gasteiger partial charge in [-0.1, -0.05) is 41.5 Å². The Bertz CT molecular complexity index is 753. The zero-order valence-corrected chi connectivity index (χ0v) is 18.1. The molecule has 0 aliphatic heterocycles. The fraction of sp³-hybridized carbons (Fsp3) is 0.545. The van der Waals surface area contributed by atoms with Gasteiger partial charge < -0.3 is 19.7 Å². The molecular formula is C22H32N2O4. The molecule has 6 nitrogen and oxygen atoms in total. The van der Waals surface area contributed by atoms with E-state index in [9.17, 15) is 10.2 Å². The topological polar surface area (TPSA) is 84.7 Å². The quantitative estimate of drug-likeness (QED) is 0.793. The molecule has 0 saturated heterocycles. The molecule has 0 aromatic carbocycles. The zero-order valence-electron chi connectivity index (χ0n) is 18.1. The molecule has 0 saturated carbocycles. The van der Waals surface area contributed by atoms with Crippen LogP contribution in [0, 0.1) is 10.8 Å². The number of aromatic nitrogens is 2. The number of nitrogens with zero attached hydrogens (tertiary/aromatic N) is 2. The zero-order chi connectivity index (χ0) is 21.3. The average molecular weight is 389 g/mol. The Labute approximate surface area is 167 Å². The van der Waals surface area contributed by atoms with Crippen LogP contribution in [0.2, 0.25) is 0 Å². The summed E-state index contributed by atoms with van der Waals surface area (Å²) in [5.74, 6) is 1.15. The third-order valence-electron chi connectivity index (χ3n) is 4.57. The van der Waals surface area contributed by atoms with Crippen molar-refractivity contribution in [2.24, 2.45) is 10.8 Å². The van der Waals surface area contributed by atoms with Crippen LogP contribution in [0.15, 0.2) is 24.3 Å². The third-order valence-corrected chi connectivity index (χ3v) is 4.57. The Morgan fingerprint density at radius 1 is 0.679 bits per heavy atom. The first-order chi connectivity index (χ1) is 12.9. The van der Waals surface area contributed by atoms with Crippen molar-refractivity contribution in [2.45, 2.75) is 53.8 Å². The van der Waals surface area contributed by atoms with Crippen molar-refractivity contribution in [3.05, 3.63) is 35.7 Å². The van der Waals surface area contributed by atoms with Crippen LogP contribution in [0.5, 0.6) is 11.5 Å². The smallest absolute Gasteiger partial charge is 0.123 e. The van der Waals surface area contributed by atoms with E-state index in [0.29, 0.717) is 34.3 Å². The molecule has 0 aliphatic rings. The Kier molecular flexibility index (Phi) is 6.36. The predicted molar refractivity (Wildman–Crippen MR) is 109 cm³/mol. The van der Waals surface area contributed by atoms with Gasteiger partial charge in [0.25, 0.3) is 0 Å². The van der Waals surface area contributed by atoms with Crippen LogP contribution in [0.1, 0.15) is 65.1 Å². The molecule has 2 N–H and O–H groups in total. The summed E-state index contributed by atoms with van der Waals surface area (Å²) < 4.78 is 10.8. The van der Waals surface area contributed by atoms with Gasteiger partial charge in [-0.05, 0) is 10.8 Å². The van der Waals surface area contributed by atoms with E-state index >= 15 is 0 Å². The highest BCUT2D eigenvalue weighted by Crippen LogP contribution is 2.37. The Morgan fingerprint density at radius 3 is 1.25 bits per heavy atom. The Hall–Kier alpha value is -2.18. The minimum atomic E-state index is -0.772. The monoisotopic (exact) mass is 388 g/mol. The minimum Gasteiger partial charge on any atom is -0.497 e. The number of aliphatic hydroxyl groups is 2. The highest BCUT2D eigenvalue weighted by Gasteiger charge is 2.28. The van der Waals surface area contributed by atoms with Crippen molar-refractivity contribution >= 4 is 0 Å². The van der Waals surface area contributed by atoms with Gasteiger partial charge in [0.1, 0.15) is 23.7 Å². The number of hydrogen-bond acceptors (Lipinski definition) is 6. The lowest BCUT2D eigenvalue weighted by molar-refractivity contribution is 0.0585. The van der Waals surface area contributed by atoms with Gasteiger partial charge in [-0.15, -0.1) is 0 Å². The second kappa shape index (κ2) is 8.05. The lowest BCUT2D eigenvalue weighted by Gasteiger charge is -2.27. The molecule has 0 radical (unpaired) electrons. The normalized spacial score (nSPS) is 14.5. The van der Waals surface area contributed by atoms with Crippen LogP contribution in [-0.2, 0) is 0 Å². The standard InChI is InChI=1S/C22H32N2O4/c1-21(2,3)19(25)17-11-13(27-7)9-15(23-17)16-10-14(28-8)12-18(24-16)20(26)22(4,5)6/h9-12,19-20,25-26H,1-8H3/t19-,20-/m1/s1. The lowest BCUT2D eigenvalue weighted by atomic mass is 9.86. The molecule has 0 spiro atoms. The maximum Gasteiger partial charge on any atom is 0.123 e. The molecule has 28 heavy (non-hydrogen) atoms. The summed E-state index contributed by atoms with van der Waals surface area (Å²) in [4.78, 5) is 9.25. The van der Waals surface area contributed by atoms with Crippen LogP contribution in [0.3, 0.4) is 0 Å². The van der Waals surface area contributed by atoms with E-state index in [0.717, 1.165) is 0 Å². The number of methoxy groups -OCH3 is 2. The summed E-state index contributed by atoms with van der Waals surface area (Å²) in [6.45, 7) is 11.7. The summed E-state index contributed by atoms with van der Waals surface area (Å²) >= 11 is 0. The summed E-state index contributed by atoms with van der Waals surface area (Å²) in [6.07, 6.45) is -1.54. The third kappa shape index (κ3) is 5.00. The van der Waals surface area contributed by atoms with Crippen molar-refractivity contribution in [1.82, 2.24) is 9.97 Å². The summed E-state index contributed by atoms with van der Waals surface area (Å²) in [6, 6.07) is 6.97. The van der Waals surface area contributed by atoms with Gasteiger partial charge in [-0.3, -0.25) is 0 Å². The van der Waals surface area contributed by atoms with E-state index in [1.165, 1.54) is 0 Å². The van der Waals surface area contributed by atoms with Crippen LogP contribution in [-0.4, -0.2) is 34.4 Å². The molecule has 0 amide bonds. The maximum absolute atomic E-state index is 10.7. The van der Waals surface area contributed by atoms with E-state index in [1.807, 2.05) is 41.5 Å². The molecule has 2 aromatic rings. The second-order valence-electron chi connectivity index (χ2n) is 9.17. The number of pyridine rings is 2. The number of aliphatic hydroxyl groups excluding tert-OH is 2. The van der Waals surface area contributed by atoms with Crippen LogP contribution < -0.4 is 9.47 Å². The van der Waals surface area contributed by atoms with E-state index in [4.69, 9.17) is 9.47 Å². The van der Waals surface area contributed by atoms with E-state index in [1.54, 1.807) is 38.5 Å². The number of rotatable bonds is 5. The molecule has 2 heterocycles. The van der Waals surface area contributed by atoms with Crippen molar-refractivity contribution in [3.8, 4) is 22.9 Å². The maximum atomic E-state index is 10.7. The van der Waals surface area contributed by atoms with E-state index < -0.39 is 12.2 Å². The largest absolute Gasteiger partial charge is 0.497 e. The molecule has 2 atom stereocenters. The summed E-state index contributed by atoms with van der Waals surface area (Å²) in [5.41, 5.74) is 1.32. The predicted octanol–water partition coefficient (Wildman–Crippen LogP) is 4.32. The fourth-order valence-electron chi connectivity index (χ4n) is 2.72. The summed E-state index contributed by atoms with van der Waals surface area (Å²) in [7, 11) is 3.14. The van der Waals surface area contributed by atoms with Gasteiger partial charge in [-0.25, -0.2) is 9.97 Å². The Balaban J connectivity index is 2.63. The molecule has 0 unspecified atom stereocenters. The first-order valence-electron chi connectivity index (χ1n) is 9.35. The van der Waals surface area contributed by atoms with Gasteiger partial charge in [-0.2, -0.15) is 0 Å². The van der Waals surface area contributed by atoms with Gasteiger partial charge >= 0.3 is 0 Å². The fourth-order valence-corrected chi connectivity index (χ4v) is 2.72. The van der Waals surface area contributed by atoms with Gasteiger partial charge in [0.15, 0.2) is 0 Å². The van der Waals surface area contributed by atoms with Crippen LogP contribution in [0.25, 0.3) is 11.4 Å². The number of ether oxygens (including phenoxy) is 2. The van der Waals surface area contributed by atoms with Gasteiger partial charge in [0.05, 0.1) is 37.0 Å².